The summed E-state index contributed by atoms with van der Waals surface area (Å²) in [5.74, 6) is 0. The topological polar surface area (TPSA) is 56.6 Å². The molecule has 0 unspecified atom stereocenters. The van der Waals surface area contributed by atoms with Crippen LogP contribution in [-0.4, -0.2) is 4.98 Å². The zero-order chi connectivity index (χ0) is 16.4. The highest BCUT2D eigenvalue weighted by molar-refractivity contribution is 6.33. The fraction of sp³-hybridized carbons (Fsp3) is 0. The van der Waals surface area contributed by atoms with Gasteiger partial charge >= 0.3 is 0 Å². The van der Waals surface area contributed by atoms with E-state index in [-0.39, 0.29) is 5.56 Å². The van der Waals surface area contributed by atoms with E-state index in [0.29, 0.717) is 26.9 Å². The molecule has 3 rings (SSSR count). The van der Waals surface area contributed by atoms with E-state index in [1.807, 2.05) is 12.1 Å². The van der Waals surface area contributed by atoms with Crippen molar-refractivity contribution in [3.63, 3.8) is 0 Å². The van der Waals surface area contributed by atoms with Crippen LogP contribution in [0.1, 0.15) is 5.56 Å². The molecule has 0 aliphatic heterocycles. The normalized spacial score (nSPS) is 10.3. The van der Waals surface area contributed by atoms with Crippen molar-refractivity contribution < 1.29 is 0 Å². The lowest BCUT2D eigenvalue weighted by Crippen LogP contribution is -2.12. The summed E-state index contributed by atoms with van der Waals surface area (Å²) in [6.45, 7) is 0. The molecule has 5 heteroatoms. The molecule has 0 saturated heterocycles. The number of rotatable bonds is 2. The molecule has 0 fully saturated rings. The Bertz CT molecular complexity index is 970. The summed E-state index contributed by atoms with van der Waals surface area (Å²) in [7, 11) is 0. The molecule has 23 heavy (non-hydrogen) atoms. The number of nitrogens with one attached hydrogen (secondary N) is 1. The summed E-state index contributed by atoms with van der Waals surface area (Å²) < 4.78 is 0. The van der Waals surface area contributed by atoms with Gasteiger partial charge in [-0.05, 0) is 29.8 Å². The minimum atomic E-state index is -0.449. The average molecular weight is 341 g/mol. The number of nitriles is 1. The van der Waals surface area contributed by atoms with Crippen LogP contribution in [0.15, 0.2) is 59.4 Å². The molecule has 1 N–H and O–H groups in total. The van der Waals surface area contributed by atoms with E-state index in [9.17, 15) is 10.1 Å². The Morgan fingerprint density at radius 3 is 2.30 bits per heavy atom. The van der Waals surface area contributed by atoms with E-state index >= 15 is 0 Å². The molecule has 0 spiro atoms. The highest BCUT2D eigenvalue weighted by Gasteiger charge is 2.14. The predicted octanol–water partition coefficient (Wildman–Crippen LogP) is 4.89. The van der Waals surface area contributed by atoms with Crippen molar-refractivity contribution in [2.45, 2.75) is 0 Å². The highest BCUT2D eigenvalue weighted by Crippen LogP contribution is 2.31. The fourth-order valence-electron chi connectivity index (χ4n) is 2.35. The standard InChI is InChI=1S/C18H10Cl2N2O/c19-12-7-5-11(6-8-12)17-9-14(15(10-21)18(23)22-17)13-3-1-2-4-16(13)20/h1-9H,(H,22,23). The number of aromatic amines is 1. The Kier molecular flexibility index (Phi) is 4.20. The molecular formula is C18H10Cl2N2O. The van der Waals surface area contributed by atoms with E-state index in [4.69, 9.17) is 23.2 Å². The summed E-state index contributed by atoms with van der Waals surface area (Å²) in [6.07, 6.45) is 0. The molecule has 112 valence electrons. The number of halogens is 2. The second-order valence-corrected chi connectivity index (χ2v) is 5.74. The first-order valence-electron chi connectivity index (χ1n) is 6.78. The summed E-state index contributed by atoms with van der Waals surface area (Å²) in [4.78, 5) is 15.0. The van der Waals surface area contributed by atoms with Crippen molar-refractivity contribution in [3.8, 4) is 28.5 Å². The van der Waals surface area contributed by atoms with Gasteiger partial charge in [0.2, 0.25) is 0 Å². The number of H-pyrrole nitrogens is 1. The van der Waals surface area contributed by atoms with E-state index in [1.165, 1.54) is 0 Å². The van der Waals surface area contributed by atoms with Crippen LogP contribution in [-0.2, 0) is 0 Å². The molecule has 0 aliphatic rings. The summed E-state index contributed by atoms with van der Waals surface area (Å²) in [6, 6.07) is 17.9. The molecular weight excluding hydrogens is 331 g/mol. The first kappa shape index (κ1) is 15.4. The molecule has 0 radical (unpaired) electrons. The maximum Gasteiger partial charge on any atom is 0.266 e. The van der Waals surface area contributed by atoms with Crippen molar-refractivity contribution in [2.24, 2.45) is 0 Å². The molecule has 0 atom stereocenters. The van der Waals surface area contributed by atoms with Crippen LogP contribution in [0, 0.1) is 11.3 Å². The van der Waals surface area contributed by atoms with Gasteiger partial charge in [-0.3, -0.25) is 4.79 Å². The monoisotopic (exact) mass is 340 g/mol. The Morgan fingerprint density at radius 1 is 0.957 bits per heavy atom. The molecule has 2 aromatic carbocycles. The quantitative estimate of drug-likeness (QED) is 0.722. The zero-order valence-electron chi connectivity index (χ0n) is 11.8. The molecule has 1 aromatic heterocycles. The van der Waals surface area contributed by atoms with Crippen LogP contribution in [0.5, 0.6) is 0 Å². The van der Waals surface area contributed by atoms with Gasteiger partial charge in [0.25, 0.3) is 5.56 Å². The van der Waals surface area contributed by atoms with Crippen molar-refractivity contribution in [3.05, 3.63) is 80.6 Å². The van der Waals surface area contributed by atoms with Crippen molar-refractivity contribution in [1.82, 2.24) is 4.98 Å². The van der Waals surface area contributed by atoms with Gasteiger partial charge < -0.3 is 4.98 Å². The SMILES string of the molecule is N#Cc1c(-c2ccccc2Cl)cc(-c2ccc(Cl)cc2)[nH]c1=O. The van der Waals surface area contributed by atoms with E-state index in [0.717, 1.165) is 5.56 Å². The number of hydrogen-bond acceptors (Lipinski definition) is 2. The molecule has 0 bridgehead atoms. The van der Waals surface area contributed by atoms with Gasteiger partial charge in [-0.2, -0.15) is 5.26 Å². The third kappa shape index (κ3) is 3.00. The van der Waals surface area contributed by atoms with E-state index < -0.39 is 5.56 Å². The summed E-state index contributed by atoms with van der Waals surface area (Å²) in [5, 5.41) is 10.4. The first-order valence-corrected chi connectivity index (χ1v) is 7.54. The van der Waals surface area contributed by atoms with Crippen LogP contribution < -0.4 is 5.56 Å². The van der Waals surface area contributed by atoms with Crippen LogP contribution in [0.25, 0.3) is 22.4 Å². The molecule has 3 nitrogen and oxygen atoms in total. The van der Waals surface area contributed by atoms with Gasteiger partial charge in [0.05, 0.1) is 0 Å². The van der Waals surface area contributed by atoms with Crippen molar-refractivity contribution in [2.75, 3.05) is 0 Å². The Balaban J connectivity index is 2.27. The van der Waals surface area contributed by atoms with E-state index in [2.05, 4.69) is 4.98 Å². The smallest absolute Gasteiger partial charge is 0.266 e. The van der Waals surface area contributed by atoms with Gasteiger partial charge in [-0.1, -0.05) is 53.5 Å². The largest absolute Gasteiger partial charge is 0.321 e. The van der Waals surface area contributed by atoms with Gasteiger partial charge in [0.15, 0.2) is 0 Å². The third-order valence-corrected chi connectivity index (χ3v) is 4.05. The minimum absolute atomic E-state index is 0.0378. The minimum Gasteiger partial charge on any atom is -0.321 e. The van der Waals surface area contributed by atoms with Crippen molar-refractivity contribution >= 4 is 23.2 Å². The Hall–Kier alpha value is -2.54. The molecule has 1 heterocycles. The number of benzene rings is 2. The zero-order valence-corrected chi connectivity index (χ0v) is 13.3. The summed E-state index contributed by atoms with van der Waals surface area (Å²) in [5.41, 5.74) is 2.13. The highest BCUT2D eigenvalue weighted by atomic mass is 35.5. The number of pyridine rings is 1. The van der Waals surface area contributed by atoms with Crippen molar-refractivity contribution in [1.29, 1.82) is 5.26 Å². The van der Waals surface area contributed by atoms with Crippen LogP contribution in [0.3, 0.4) is 0 Å². The fourth-order valence-corrected chi connectivity index (χ4v) is 2.71. The number of aromatic nitrogens is 1. The predicted molar refractivity (Wildman–Crippen MR) is 92.7 cm³/mol. The number of hydrogen-bond donors (Lipinski definition) is 1. The van der Waals surface area contributed by atoms with Crippen LogP contribution >= 0.6 is 23.2 Å². The third-order valence-electron chi connectivity index (χ3n) is 3.46. The van der Waals surface area contributed by atoms with Crippen LogP contribution in [0.4, 0.5) is 0 Å². The first-order chi connectivity index (χ1) is 11.1. The maximum absolute atomic E-state index is 12.3. The lowest BCUT2D eigenvalue weighted by Gasteiger charge is -2.09. The maximum atomic E-state index is 12.3. The van der Waals surface area contributed by atoms with Crippen LogP contribution in [0.2, 0.25) is 10.0 Å². The lowest BCUT2D eigenvalue weighted by atomic mass is 9.99. The summed E-state index contributed by atoms with van der Waals surface area (Å²) >= 11 is 12.1. The molecule has 3 aromatic rings. The molecule has 0 aliphatic carbocycles. The second-order valence-electron chi connectivity index (χ2n) is 4.90. The lowest BCUT2D eigenvalue weighted by molar-refractivity contribution is 1.22. The van der Waals surface area contributed by atoms with E-state index in [1.54, 1.807) is 48.5 Å². The Labute approximate surface area is 142 Å². The van der Waals surface area contributed by atoms with Gasteiger partial charge in [0, 0.05) is 26.9 Å². The average Bonchev–Trinajstić information content (AvgIpc) is 2.55. The number of nitrogens with zero attached hydrogens (tertiary/aromatic N) is 1. The second kappa shape index (κ2) is 6.29. The Morgan fingerprint density at radius 2 is 1.65 bits per heavy atom. The van der Waals surface area contributed by atoms with Gasteiger partial charge in [0.1, 0.15) is 11.6 Å². The van der Waals surface area contributed by atoms with Gasteiger partial charge in [-0.25, -0.2) is 0 Å². The molecule has 0 saturated carbocycles. The molecule has 0 amide bonds. The van der Waals surface area contributed by atoms with Gasteiger partial charge in [-0.15, -0.1) is 0 Å².